The molecule has 0 aromatic carbocycles. The Morgan fingerprint density at radius 3 is 2.92 bits per heavy atom. The van der Waals surface area contributed by atoms with Gasteiger partial charge in [-0.2, -0.15) is 0 Å². The summed E-state index contributed by atoms with van der Waals surface area (Å²) in [6.07, 6.45) is 4.49. The molecule has 64 valence electrons. The first-order valence-electron chi connectivity index (χ1n) is 3.54. The fourth-order valence-electron chi connectivity index (χ4n) is 0.767. The van der Waals surface area contributed by atoms with E-state index in [2.05, 4.69) is 4.74 Å². The predicted molar refractivity (Wildman–Crippen MR) is 44.5 cm³/mol. The normalized spacial score (nSPS) is 10.5. The van der Waals surface area contributed by atoms with Crippen LogP contribution in [0.2, 0.25) is 0 Å². The number of ether oxygens (including phenoxy) is 1. The molecule has 1 heterocycles. The molecule has 0 bridgehead atoms. The molecule has 0 atom stereocenters. The van der Waals surface area contributed by atoms with E-state index in [9.17, 15) is 4.79 Å². The van der Waals surface area contributed by atoms with Crippen molar-refractivity contribution in [2.45, 2.75) is 6.92 Å². The third kappa shape index (κ3) is 1.99. The van der Waals surface area contributed by atoms with Crippen LogP contribution in [0.15, 0.2) is 22.8 Å². The summed E-state index contributed by atoms with van der Waals surface area (Å²) in [5, 5.41) is 0. The maximum absolute atomic E-state index is 10.7. The number of carbonyl (C=O) groups excluding carboxylic acids is 1. The standard InChI is InChI=1S/C9H10O3/c1-7-5-6-12-8(7)3-4-9(10)11-2/h3-6H,1-2H3/b4-3+. The molecule has 3 nitrogen and oxygen atoms in total. The van der Waals surface area contributed by atoms with Gasteiger partial charge in [0.05, 0.1) is 13.4 Å². The lowest BCUT2D eigenvalue weighted by Crippen LogP contribution is -1.93. The molecule has 1 rings (SSSR count). The Morgan fingerprint density at radius 2 is 2.42 bits per heavy atom. The van der Waals surface area contributed by atoms with Gasteiger partial charge in [-0.25, -0.2) is 4.79 Å². The van der Waals surface area contributed by atoms with Gasteiger partial charge in [0.1, 0.15) is 5.76 Å². The molecule has 0 unspecified atom stereocenters. The second-order valence-electron chi connectivity index (χ2n) is 2.32. The summed E-state index contributed by atoms with van der Waals surface area (Å²) in [7, 11) is 1.33. The third-order valence-corrected chi connectivity index (χ3v) is 1.47. The van der Waals surface area contributed by atoms with Crippen LogP contribution in [0.3, 0.4) is 0 Å². The second kappa shape index (κ2) is 3.76. The Morgan fingerprint density at radius 1 is 1.67 bits per heavy atom. The van der Waals surface area contributed by atoms with Crippen molar-refractivity contribution in [3.05, 3.63) is 29.7 Å². The Labute approximate surface area is 70.6 Å². The zero-order valence-corrected chi connectivity index (χ0v) is 7.03. The number of rotatable bonds is 2. The van der Waals surface area contributed by atoms with Crippen LogP contribution < -0.4 is 0 Å². The number of hydrogen-bond donors (Lipinski definition) is 0. The van der Waals surface area contributed by atoms with Gasteiger partial charge < -0.3 is 9.15 Å². The lowest BCUT2D eigenvalue weighted by Gasteiger charge is -1.89. The molecule has 0 radical (unpaired) electrons. The van der Waals surface area contributed by atoms with Crippen molar-refractivity contribution in [3.63, 3.8) is 0 Å². The number of esters is 1. The lowest BCUT2D eigenvalue weighted by molar-refractivity contribution is -0.134. The first-order chi connectivity index (χ1) is 5.74. The van der Waals surface area contributed by atoms with Gasteiger partial charge in [0.2, 0.25) is 0 Å². The van der Waals surface area contributed by atoms with Gasteiger partial charge in [0, 0.05) is 6.08 Å². The van der Waals surface area contributed by atoms with Crippen molar-refractivity contribution >= 4 is 12.0 Å². The highest BCUT2D eigenvalue weighted by molar-refractivity contribution is 5.86. The topological polar surface area (TPSA) is 39.4 Å². The fourth-order valence-corrected chi connectivity index (χ4v) is 0.767. The highest BCUT2D eigenvalue weighted by atomic mass is 16.5. The molecular weight excluding hydrogens is 156 g/mol. The van der Waals surface area contributed by atoms with E-state index in [0.29, 0.717) is 5.76 Å². The quantitative estimate of drug-likeness (QED) is 0.496. The van der Waals surface area contributed by atoms with Crippen LogP contribution in [-0.4, -0.2) is 13.1 Å². The van der Waals surface area contributed by atoms with Gasteiger partial charge >= 0.3 is 5.97 Å². The maximum atomic E-state index is 10.7. The van der Waals surface area contributed by atoms with E-state index in [4.69, 9.17) is 4.42 Å². The van der Waals surface area contributed by atoms with E-state index in [1.165, 1.54) is 13.2 Å². The van der Waals surface area contributed by atoms with Crippen LogP contribution in [0, 0.1) is 6.92 Å². The first kappa shape index (κ1) is 8.59. The van der Waals surface area contributed by atoms with Gasteiger partial charge in [-0.05, 0) is 24.6 Å². The van der Waals surface area contributed by atoms with E-state index in [1.807, 2.05) is 13.0 Å². The molecule has 0 N–H and O–H groups in total. The molecular formula is C9H10O3. The molecule has 0 aliphatic carbocycles. The molecule has 1 aromatic heterocycles. The zero-order chi connectivity index (χ0) is 8.97. The number of hydrogen-bond acceptors (Lipinski definition) is 3. The summed E-state index contributed by atoms with van der Waals surface area (Å²) >= 11 is 0. The van der Waals surface area contributed by atoms with Gasteiger partial charge in [-0.15, -0.1) is 0 Å². The van der Waals surface area contributed by atoms with Crippen molar-refractivity contribution in [3.8, 4) is 0 Å². The van der Waals surface area contributed by atoms with Crippen LogP contribution in [0.4, 0.5) is 0 Å². The predicted octanol–water partition coefficient (Wildman–Crippen LogP) is 1.77. The minimum absolute atomic E-state index is 0.384. The Balaban J connectivity index is 2.69. The summed E-state index contributed by atoms with van der Waals surface area (Å²) in [6.45, 7) is 1.90. The van der Waals surface area contributed by atoms with Crippen molar-refractivity contribution in [2.24, 2.45) is 0 Å². The maximum Gasteiger partial charge on any atom is 0.330 e. The molecule has 12 heavy (non-hydrogen) atoms. The molecule has 0 amide bonds. The van der Waals surface area contributed by atoms with Gasteiger partial charge in [0.15, 0.2) is 0 Å². The van der Waals surface area contributed by atoms with E-state index in [-0.39, 0.29) is 5.97 Å². The lowest BCUT2D eigenvalue weighted by atomic mass is 10.2. The van der Waals surface area contributed by atoms with E-state index >= 15 is 0 Å². The highest BCUT2D eigenvalue weighted by Crippen LogP contribution is 2.10. The average Bonchev–Trinajstić information content (AvgIpc) is 2.47. The molecule has 1 aromatic rings. The van der Waals surface area contributed by atoms with Crippen molar-refractivity contribution in [1.29, 1.82) is 0 Å². The highest BCUT2D eigenvalue weighted by Gasteiger charge is 1.97. The van der Waals surface area contributed by atoms with Crippen molar-refractivity contribution in [2.75, 3.05) is 7.11 Å². The van der Waals surface area contributed by atoms with E-state index in [1.54, 1.807) is 12.3 Å². The molecule has 0 aliphatic rings. The molecule has 0 saturated carbocycles. The summed E-state index contributed by atoms with van der Waals surface area (Å²) in [6, 6.07) is 1.83. The summed E-state index contributed by atoms with van der Waals surface area (Å²) in [4.78, 5) is 10.7. The van der Waals surface area contributed by atoms with Crippen LogP contribution in [-0.2, 0) is 9.53 Å². The van der Waals surface area contributed by atoms with E-state index in [0.717, 1.165) is 5.56 Å². The number of furan rings is 1. The van der Waals surface area contributed by atoms with Crippen LogP contribution in [0.5, 0.6) is 0 Å². The third-order valence-electron chi connectivity index (χ3n) is 1.47. The molecule has 0 spiro atoms. The minimum Gasteiger partial charge on any atom is -0.466 e. The number of methoxy groups -OCH3 is 1. The van der Waals surface area contributed by atoms with Crippen LogP contribution in [0.25, 0.3) is 6.08 Å². The van der Waals surface area contributed by atoms with Crippen LogP contribution >= 0.6 is 0 Å². The monoisotopic (exact) mass is 166 g/mol. The van der Waals surface area contributed by atoms with Crippen LogP contribution in [0.1, 0.15) is 11.3 Å². The second-order valence-corrected chi connectivity index (χ2v) is 2.32. The summed E-state index contributed by atoms with van der Waals surface area (Å²) in [5.41, 5.74) is 0.996. The molecule has 0 saturated heterocycles. The number of carbonyl (C=O) groups is 1. The molecule has 3 heteroatoms. The largest absolute Gasteiger partial charge is 0.466 e. The smallest absolute Gasteiger partial charge is 0.330 e. The minimum atomic E-state index is -0.384. The summed E-state index contributed by atoms with van der Waals surface area (Å²) < 4.78 is 9.49. The molecule has 0 fully saturated rings. The molecule has 0 aliphatic heterocycles. The zero-order valence-electron chi connectivity index (χ0n) is 7.03. The Hall–Kier alpha value is -1.51. The summed E-state index contributed by atoms with van der Waals surface area (Å²) in [5.74, 6) is 0.297. The Kier molecular flexibility index (Phi) is 2.69. The number of aryl methyl sites for hydroxylation is 1. The van der Waals surface area contributed by atoms with Gasteiger partial charge in [-0.3, -0.25) is 0 Å². The van der Waals surface area contributed by atoms with Gasteiger partial charge in [-0.1, -0.05) is 0 Å². The Bertz CT molecular complexity index is 296. The fraction of sp³-hybridized carbons (Fsp3) is 0.222. The van der Waals surface area contributed by atoms with Gasteiger partial charge in [0.25, 0.3) is 0 Å². The van der Waals surface area contributed by atoms with Crippen molar-refractivity contribution in [1.82, 2.24) is 0 Å². The van der Waals surface area contributed by atoms with E-state index < -0.39 is 0 Å². The first-order valence-corrected chi connectivity index (χ1v) is 3.54. The average molecular weight is 166 g/mol. The van der Waals surface area contributed by atoms with Crippen molar-refractivity contribution < 1.29 is 13.9 Å². The SMILES string of the molecule is COC(=O)/C=C/c1occc1C.